The number of halogens is 2. The minimum absolute atomic E-state index is 0.106. The average molecular weight is 407 g/mol. The van der Waals surface area contributed by atoms with Crippen LogP contribution in [0.2, 0.25) is 0 Å². The van der Waals surface area contributed by atoms with Crippen LogP contribution >= 0.6 is 11.7 Å². The number of hydrogen-bond donors (Lipinski definition) is 2. The fourth-order valence-corrected chi connectivity index (χ4v) is 3.74. The van der Waals surface area contributed by atoms with E-state index in [0.29, 0.717) is 11.0 Å². The molecule has 0 aliphatic carbocycles. The molecule has 6 nitrogen and oxygen atoms in total. The van der Waals surface area contributed by atoms with Gasteiger partial charge in [-0.3, -0.25) is 4.79 Å². The number of nitrogens with zero attached hydrogens (tertiary/aromatic N) is 3. The van der Waals surface area contributed by atoms with E-state index < -0.39 is 23.0 Å². The lowest BCUT2D eigenvalue weighted by Gasteiger charge is -2.06. The van der Waals surface area contributed by atoms with Crippen molar-refractivity contribution < 1.29 is 13.6 Å². The number of nitrogen functional groups attached to an aromatic ring is 1. The van der Waals surface area contributed by atoms with E-state index in [1.165, 1.54) is 6.20 Å². The summed E-state index contributed by atoms with van der Waals surface area (Å²) in [7, 11) is 0. The minimum atomic E-state index is -1.07. The molecule has 3 aromatic heterocycles. The summed E-state index contributed by atoms with van der Waals surface area (Å²) in [6.45, 7) is 0. The van der Waals surface area contributed by atoms with Crippen molar-refractivity contribution in [2.24, 2.45) is 0 Å². The van der Waals surface area contributed by atoms with Crippen molar-refractivity contribution in [1.82, 2.24) is 18.7 Å². The van der Waals surface area contributed by atoms with Crippen molar-refractivity contribution in [3.05, 3.63) is 71.6 Å². The van der Waals surface area contributed by atoms with Crippen molar-refractivity contribution in [3.8, 4) is 11.1 Å². The Balaban J connectivity index is 1.65. The number of H-pyrrole nitrogens is 1. The molecule has 0 saturated heterocycles. The second-order valence-electron chi connectivity index (χ2n) is 6.44. The van der Waals surface area contributed by atoms with Crippen LogP contribution in [0.5, 0.6) is 0 Å². The van der Waals surface area contributed by atoms with Gasteiger partial charge in [-0.15, -0.1) is 0 Å². The van der Waals surface area contributed by atoms with Gasteiger partial charge in [0.1, 0.15) is 22.5 Å². The van der Waals surface area contributed by atoms with Crippen LogP contribution in [0.25, 0.3) is 33.2 Å². The van der Waals surface area contributed by atoms with Gasteiger partial charge in [0.25, 0.3) is 0 Å². The summed E-state index contributed by atoms with van der Waals surface area (Å²) >= 11 is 1.12. The second kappa shape index (κ2) is 6.42. The maximum absolute atomic E-state index is 14.3. The Hall–Kier alpha value is -3.72. The highest BCUT2D eigenvalue weighted by molar-refractivity contribution is 7.00. The van der Waals surface area contributed by atoms with Gasteiger partial charge in [0.05, 0.1) is 23.0 Å². The van der Waals surface area contributed by atoms with Crippen LogP contribution in [-0.4, -0.2) is 24.5 Å². The van der Waals surface area contributed by atoms with E-state index in [1.807, 2.05) is 18.2 Å². The molecule has 0 amide bonds. The fourth-order valence-electron chi connectivity index (χ4n) is 3.22. The first-order valence-corrected chi connectivity index (χ1v) is 9.24. The van der Waals surface area contributed by atoms with Crippen molar-refractivity contribution in [3.63, 3.8) is 0 Å². The molecule has 0 fully saturated rings. The molecule has 0 spiro atoms. The smallest absolute Gasteiger partial charge is 0.201 e. The molecule has 5 rings (SSSR count). The predicted octanol–water partition coefficient (Wildman–Crippen LogP) is 4.33. The maximum atomic E-state index is 14.3. The van der Waals surface area contributed by atoms with Crippen LogP contribution in [-0.2, 0) is 0 Å². The van der Waals surface area contributed by atoms with Gasteiger partial charge in [0.2, 0.25) is 5.78 Å². The number of ketones is 1. The Kier molecular flexibility index (Phi) is 3.85. The number of aromatic amines is 1. The summed E-state index contributed by atoms with van der Waals surface area (Å²) in [5, 5.41) is 0.449. The van der Waals surface area contributed by atoms with Crippen molar-refractivity contribution in [1.29, 1.82) is 0 Å². The van der Waals surface area contributed by atoms with Crippen LogP contribution in [0.15, 0.2) is 48.8 Å². The van der Waals surface area contributed by atoms with E-state index in [2.05, 4.69) is 18.7 Å². The first-order chi connectivity index (χ1) is 14.0. The number of rotatable bonds is 3. The first kappa shape index (κ1) is 17.4. The molecule has 0 radical (unpaired) electrons. The van der Waals surface area contributed by atoms with Gasteiger partial charge >= 0.3 is 0 Å². The molecule has 0 atom stereocenters. The summed E-state index contributed by atoms with van der Waals surface area (Å²) < 4.78 is 36.9. The lowest BCUT2D eigenvalue weighted by molar-refractivity contribution is 0.103. The lowest BCUT2D eigenvalue weighted by Crippen LogP contribution is -2.09. The van der Waals surface area contributed by atoms with Gasteiger partial charge in [-0.05, 0) is 35.9 Å². The molecule has 0 saturated carbocycles. The number of anilines is 1. The van der Waals surface area contributed by atoms with Gasteiger partial charge in [-0.25, -0.2) is 13.8 Å². The summed E-state index contributed by atoms with van der Waals surface area (Å²) in [5.41, 5.74) is 8.17. The Morgan fingerprint density at radius 3 is 2.72 bits per heavy atom. The molecule has 142 valence electrons. The number of nitrogens with one attached hydrogen (secondary N) is 1. The minimum Gasteiger partial charge on any atom is -0.396 e. The maximum Gasteiger partial charge on any atom is 0.201 e. The number of fused-ring (bicyclic) bond motifs is 2. The molecule has 0 bridgehead atoms. The van der Waals surface area contributed by atoms with E-state index >= 15 is 0 Å². The third-order valence-corrected chi connectivity index (χ3v) is 5.27. The quantitative estimate of drug-likeness (QED) is 0.343. The summed E-state index contributed by atoms with van der Waals surface area (Å²) in [4.78, 5) is 20.1. The number of carbonyl (C=O) groups excluding carboxylic acids is 1. The zero-order valence-corrected chi connectivity index (χ0v) is 15.4. The van der Waals surface area contributed by atoms with Gasteiger partial charge in [0, 0.05) is 28.9 Å². The van der Waals surface area contributed by atoms with Crippen LogP contribution in [0.1, 0.15) is 15.9 Å². The molecule has 3 heterocycles. The van der Waals surface area contributed by atoms with E-state index in [-0.39, 0.29) is 11.3 Å². The normalized spacial score (nSPS) is 11.4. The molecule has 2 aromatic carbocycles. The SMILES string of the molecule is Nc1ccc(F)c(C(=O)c2c[nH]c3ncc(-c4ccc5nsnc5c4)cc23)c1F. The molecule has 3 N–H and O–H groups in total. The number of nitrogens with two attached hydrogens (primary N) is 1. The van der Waals surface area contributed by atoms with Crippen LogP contribution < -0.4 is 5.73 Å². The summed E-state index contributed by atoms with van der Waals surface area (Å²) in [6, 6.07) is 9.39. The Morgan fingerprint density at radius 2 is 1.86 bits per heavy atom. The van der Waals surface area contributed by atoms with Gasteiger partial charge < -0.3 is 10.7 Å². The largest absolute Gasteiger partial charge is 0.396 e. The first-order valence-electron chi connectivity index (χ1n) is 8.51. The van der Waals surface area contributed by atoms with Crippen molar-refractivity contribution in [2.75, 3.05) is 5.73 Å². The molecule has 0 unspecified atom stereocenters. The molecular formula is C20H11F2N5OS. The zero-order valence-electron chi connectivity index (χ0n) is 14.6. The second-order valence-corrected chi connectivity index (χ2v) is 6.97. The number of hydrogen-bond acceptors (Lipinski definition) is 6. The number of benzene rings is 2. The van der Waals surface area contributed by atoms with Crippen molar-refractivity contribution in [2.45, 2.75) is 0 Å². The highest BCUT2D eigenvalue weighted by Gasteiger charge is 2.24. The Labute approximate surface area is 166 Å². The summed E-state index contributed by atoms with van der Waals surface area (Å²) in [5.74, 6) is -2.85. The number of aromatic nitrogens is 4. The third-order valence-electron chi connectivity index (χ3n) is 4.71. The zero-order chi connectivity index (χ0) is 20.1. The molecule has 29 heavy (non-hydrogen) atoms. The van der Waals surface area contributed by atoms with Crippen LogP contribution in [0, 0.1) is 11.6 Å². The van der Waals surface area contributed by atoms with Gasteiger partial charge in [0.15, 0.2) is 5.82 Å². The van der Waals surface area contributed by atoms with E-state index in [0.717, 1.165) is 46.0 Å². The standard InChI is InChI=1S/C20H11F2N5OS/c21-13-2-3-14(23)18(22)17(13)19(28)12-8-25-20-11(12)5-10(7-24-20)9-1-4-15-16(6-9)27-29-26-15/h1-8H,23H2,(H,24,25). The summed E-state index contributed by atoms with van der Waals surface area (Å²) in [6.07, 6.45) is 3.04. The predicted molar refractivity (Wildman–Crippen MR) is 107 cm³/mol. The number of carbonyl (C=O) groups is 1. The highest BCUT2D eigenvalue weighted by atomic mass is 32.1. The molecule has 5 aromatic rings. The fraction of sp³-hybridized carbons (Fsp3) is 0. The highest BCUT2D eigenvalue weighted by Crippen LogP contribution is 2.29. The molecule has 9 heteroatoms. The topological polar surface area (TPSA) is 97.6 Å². The van der Waals surface area contributed by atoms with Crippen molar-refractivity contribution >= 4 is 45.3 Å². The Morgan fingerprint density at radius 1 is 1.03 bits per heavy atom. The van der Waals surface area contributed by atoms with E-state index in [4.69, 9.17) is 5.73 Å². The van der Waals surface area contributed by atoms with Crippen LogP contribution in [0.3, 0.4) is 0 Å². The van der Waals surface area contributed by atoms with E-state index in [9.17, 15) is 13.6 Å². The molecule has 0 aliphatic heterocycles. The monoisotopic (exact) mass is 407 g/mol. The third kappa shape index (κ3) is 2.74. The van der Waals surface area contributed by atoms with Crippen LogP contribution in [0.4, 0.5) is 14.5 Å². The van der Waals surface area contributed by atoms with Gasteiger partial charge in [-0.2, -0.15) is 8.75 Å². The molecular weight excluding hydrogens is 396 g/mol. The number of pyridine rings is 1. The van der Waals surface area contributed by atoms with E-state index in [1.54, 1.807) is 12.3 Å². The average Bonchev–Trinajstić information content (AvgIpc) is 3.36. The Bertz CT molecular complexity index is 1430. The van der Waals surface area contributed by atoms with Gasteiger partial charge in [-0.1, -0.05) is 6.07 Å². The lowest BCUT2D eigenvalue weighted by atomic mass is 9.99. The molecule has 0 aliphatic rings.